The fourth-order valence-corrected chi connectivity index (χ4v) is 3.14. The van der Waals surface area contributed by atoms with Crippen molar-refractivity contribution >= 4 is 33.3 Å². The van der Waals surface area contributed by atoms with E-state index < -0.39 is 0 Å². The van der Waals surface area contributed by atoms with Crippen LogP contribution in [0.2, 0.25) is 0 Å². The molecule has 0 bridgehead atoms. The van der Waals surface area contributed by atoms with Crippen LogP contribution in [0.3, 0.4) is 0 Å². The first-order valence-corrected chi connectivity index (χ1v) is 7.42. The Bertz CT molecular complexity index is 583. The summed E-state index contributed by atoms with van der Waals surface area (Å²) in [5, 5.41) is 5.36. The number of rotatable bonds is 5. The average molecular weight is 276 g/mol. The minimum absolute atomic E-state index is 0.294. The van der Waals surface area contributed by atoms with Crippen molar-refractivity contribution in [3.8, 4) is 0 Å². The molecule has 1 saturated heterocycles. The van der Waals surface area contributed by atoms with Gasteiger partial charge in [0.1, 0.15) is 12.1 Å². The summed E-state index contributed by atoms with van der Waals surface area (Å²) in [6.45, 7) is 2.58. The van der Waals surface area contributed by atoms with Gasteiger partial charge >= 0.3 is 0 Å². The lowest BCUT2D eigenvalue weighted by Gasteiger charge is -2.15. The second-order valence-corrected chi connectivity index (χ2v) is 5.54. The van der Waals surface area contributed by atoms with E-state index in [0.717, 1.165) is 54.9 Å². The first-order valence-electron chi connectivity index (χ1n) is 6.54. The molecule has 0 aromatic carbocycles. The van der Waals surface area contributed by atoms with Crippen LogP contribution < -0.4 is 5.32 Å². The van der Waals surface area contributed by atoms with Crippen LogP contribution in [0.25, 0.3) is 10.2 Å². The van der Waals surface area contributed by atoms with Gasteiger partial charge < -0.3 is 10.2 Å². The van der Waals surface area contributed by atoms with Gasteiger partial charge in [0.05, 0.1) is 10.2 Å². The Hall–Kier alpha value is -1.69. The second-order valence-electron chi connectivity index (χ2n) is 4.62. The first-order chi connectivity index (χ1) is 9.34. The third-order valence-electron chi connectivity index (χ3n) is 3.31. The number of hydrogen-bond donors (Lipinski definition) is 1. The van der Waals surface area contributed by atoms with Crippen molar-refractivity contribution in [1.29, 1.82) is 0 Å². The van der Waals surface area contributed by atoms with Gasteiger partial charge in [0.25, 0.3) is 0 Å². The zero-order chi connectivity index (χ0) is 13.1. The molecule has 0 saturated carbocycles. The summed E-state index contributed by atoms with van der Waals surface area (Å²) in [5.74, 6) is 1.19. The maximum Gasteiger partial charge on any atom is 0.222 e. The number of thiophene rings is 1. The normalized spacial score (nSPS) is 15.4. The Morgan fingerprint density at radius 2 is 2.37 bits per heavy atom. The molecule has 6 heteroatoms. The van der Waals surface area contributed by atoms with Crippen molar-refractivity contribution in [3.63, 3.8) is 0 Å². The monoisotopic (exact) mass is 276 g/mol. The van der Waals surface area contributed by atoms with Crippen LogP contribution in [0, 0.1) is 0 Å². The lowest BCUT2D eigenvalue weighted by atomic mass is 10.3. The summed E-state index contributed by atoms with van der Waals surface area (Å²) < 4.78 is 1.10. The van der Waals surface area contributed by atoms with Crippen LogP contribution in [0.15, 0.2) is 17.8 Å². The molecule has 2 aromatic heterocycles. The SMILES string of the molecule is O=C1CCCN1CCCNc1ncnc2ccsc12. The van der Waals surface area contributed by atoms with E-state index in [-0.39, 0.29) is 0 Å². The highest BCUT2D eigenvalue weighted by Gasteiger charge is 2.18. The third-order valence-corrected chi connectivity index (χ3v) is 4.22. The highest BCUT2D eigenvalue weighted by atomic mass is 32.1. The van der Waals surface area contributed by atoms with Crippen molar-refractivity contribution in [2.24, 2.45) is 0 Å². The topological polar surface area (TPSA) is 58.1 Å². The van der Waals surface area contributed by atoms with Crippen LogP contribution in [0.1, 0.15) is 19.3 Å². The summed E-state index contributed by atoms with van der Waals surface area (Å²) in [6.07, 6.45) is 4.26. The highest BCUT2D eigenvalue weighted by molar-refractivity contribution is 7.17. The molecule has 19 heavy (non-hydrogen) atoms. The van der Waals surface area contributed by atoms with Gasteiger partial charge in [-0.1, -0.05) is 0 Å². The van der Waals surface area contributed by atoms with Crippen molar-refractivity contribution in [2.45, 2.75) is 19.3 Å². The predicted octanol–water partition coefficient (Wildman–Crippen LogP) is 2.12. The van der Waals surface area contributed by atoms with E-state index in [1.54, 1.807) is 17.7 Å². The maximum absolute atomic E-state index is 11.5. The molecule has 0 aliphatic carbocycles. The van der Waals surface area contributed by atoms with E-state index in [1.165, 1.54) is 0 Å². The number of amides is 1. The summed E-state index contributed by atoms with van der Waals surface area (Å²) in [4.78, 5) is 21.9. The van der Waals surface area contributed by atoms with Gasteiger partial charge in [0.2, 0.25) is 5.91 Å². The van der Waals surface area contributed by atoms with Gasteiger partial charge in [0.15, 0.2) is 0 Å². The molecule has 1 aliphatic heterocycles. The molecule has 1 fully saturated rings. The van der Waals surface area contributed by atoms with Crippen LogP contribution in [-0.4, -0.2) is 40.4 Å². The van der Waals surface area contributed by atoms with Crippen LogP contribution >= 0.6 is 11.3 Å². The number of nitrogens with one attached hydrogen (secondary N) is 1. The number of carbonyl (C=O) groups excluding carboxylic acids is 1. The average Bonchev–Trinajstić information content (AvgIpc) is 3.04. The van der Waals surface area contributed by atoms with Gasteiger partial charge in [-0.3, -0.25) is 4.79 Å². The Morgan fingerprint density at radius 3 is 3.21 bits per heavy atom. The number of carbonyl (C=O) groups is 1. The standard InChI is InChI=1S/C13H16N4OS/c18-11-3-1-6-17(11)7-2-5-14-13-12-10(4-8-19-12)15-9-16-13/h4,8-9H,1-3,5-7H2,(H,14,15,16). The molecule has 2 aromatic rings. The Morgan fingerprint density at radius 1 is 1.42 bits per heavy atom. The van der Waals surface area contributed by atoms with E-state index in [0.29, 0.717) is 5.91 Å². The lowest BCUT2D eigenvalue weighted by Crippen LogP contribution is -2.27. The van der Waals surface area contributed by atoms with Crippen molar-refractivity contribution in [1.82, 2.24) is 14.9 Å². The van der Waals surface area contributed by atoms with Crippen molar-refractivity contribution in [2.75, 3.05) is 25.0 Å². The summed E-state index contributed by atoms with van der Waals surface area (Å²) in [5.41, 5.74) is 0.984. The van der Waals surface area contributed by atoms with Crippen molar-refractivity contribution < 1.29 is 4.79 Å². The zero-order valence-corrected chi connectivity index (χ0v) is 11.4. The molecular weight excluding hydrogens is 260 g/mol. The molecule has 5 nitrogen and oxygen atoms in total. The summed E-state index contributed by atoms with van der Waals surface area (Å²) >= 11 is 1.65. The Kier molecular flexibility index (Phi) is 3.59. The third kappa shape index (κ3) is 2.68. The fraction of sp³-hybridized carbons (Fsp3) is 0.462. The van der Waals surface area contributed by atoms with Crippen LogP contribution in [0.4, 0.5) is 5.82 Å². The fourth-order valence-electron chi connectivity index (χ4n) is 2.33. The summed E-state index contributed by atoms with van der Waals surface area (Å²) in [6, 6.07) is 2.00. The van der Waals surface area contributed by atoms with Gasteiger partial charge in [-0.05, 0) is 24.3 Å². The smallest absolute Gasteiger partial charge is 0.222 e. The number of fused-ring (bicyclic) bond motifs is 1. The van der Waals surface area contributed by atoms with E-state index >= 15 is 0 Å². The molecule has 0 radical (unpaired) electrons. The second kappa shape index (κ2) is 5.52. The van der Waals surface area contributed by atoms with Crippen molar-refractivity contribution in [3.05, 3.63) is 17.8 Å². The van der Waals surface area contributed by atoms with E-state index in [9.17, 15) is 4.79 Å². The molecule has 1 amide bonds. The largest absolute Gasteiger partial charge is 0.369 e. The van der Waals surface area contributed by atoms with Gasteiger partial charge in [0, 0.05) is 26.1 Å². The van der Waals surface area contributed by atoms with Gasteiger partial charge in [-0.2, -0.15) is 0 Å². The van der Waals surface area contributed by atoms with Gasteiger partial charge in [-0.25, -0.2) is 9.97 Å². The molecule has 100 valence electrons. The number of likely N-dealkylation sites (tertiary alicyclic amines) is 1. The minimum Gasteiger partial charge on any atom is -0.369 e. The van der Waals surface area contributed by atoms with Gasteiger partial charge in [-0.15, -0.1) is 11.3 Å². The van der Waals surface area contributed by atoms with E-state index in [4.69, 9.17) is 0 Å². The molecule has 0 atom stereocenters. The molecule has 0 unspecified atom stereocenters. The van der Waals surface area contributed by atoms with Crippen LogP contribution in [0.5, 0.6) is 0 Å². The molecule has 0 spiro atoms. The van der Waals surface area contributed by atoms with Crippen LogP contribution in [-0.2, 0) is 4.79 Å². The summed E-state index contributed by atoms with van der Waals surface area (Å²) in [7, 11) is 0. The maximum atomic E-state index is 11.5. The Labute approximate surface area is 115 Å². The van der Waals surface area contributed by atoms with E-state index in [1.807, 2.05) is 16.3 Å². The predicted molar refractivity (Wildman–Crippen MR) is 76.3 cm³/mol. The molecular formula is C13H16N4OS. The Balaban J connectivity index is 1.52. The number of nitrogens with zero attached hydrogens (tertiary/aromatic N) is 3. The van der Waals surface area contributed by atoms with E-state index in [2.05, 4.69) is 15.3 Å². The molecule has 3 heterocycles. The highest BCUT2D eigenvalue weighted by Crippen LogP contribution is 2.24. The molecule has 1 aliphatic rings. The number of hydrogen-bond acceptors (Lipinski definition) is 5. The first kappa shape index (κ1) is 12.3. The number of aromatic nitrogens is 2. The quantitative estimate of drug-likeness (QED) is 0.850. The zero-order valence-electron chi connectivity index (χ0n) is 10.6. The number of anilines is 1. The lowest BCUT2D eigenvalue weighted by molar-refractivity contribution is -0.127. The molecule has 1 N–H and O–H groups in total. The molecule has 3 rings (SSSR count). The minimum atomic E-state index is 0.294.